The number of hydrogen-bond donors (Lipinski definition) is 2. The van der Waals surface area contributed by atoms with E-state index in [2.05, 4.69) is 20.7 Å². The molecule has 0 bridgehead atoms. The molecular weight excluding hydrogens is 298 g/mol. The largest absolute Gasteiger partial charge is 0.376 e. The Labute approximate surface area is 132 Å². The molecule has 1 aliphatic rings. The molecule has 3 heterocycles. The highest BCUT2D eigenvalue weighted by molar-refractivity contribution is 5.85. The van der Waals surface area contributed by atoms with Crippen LogP contribution in [0.5, 0.6) is 0 Å². The van der Waals surface area contributed by atoms with Gasteiger partial charge in [0.15, 0.2) is 0 Å². The first-order valence-electron chi connectivity index (χ1n) is 7.28. The highest BCUT2D eigenvalue weighted by atomic mass is 16.5. The van der Waals surface area contributed by atoms with E-state index in [1.54, 1.807) is 12.4 Å². The lowest BCUT2D eigenvalue weighted by Gasteiger charge is -2.14. The highest BCUT2D eigenvalue weighted by Crippen LogP contribution is 2.28. The van der Waals surface area contributed by atoms with Crippen LogP contribution in [0.1, 0.15) is 11.3 Å². The number of fused-ring (bicyclic) bond motifs is 1. The summed E-state index contributed by atoms with van der Waals surface area (Å²) in [6, 6.07) is 3.27. The number of carbonyl (C=O) groups is 2. The van der Waals surface area contributed by atoms with Crippen LogP contribution in [0.2, 0.25) is 0 Å². The van der Waals surface area contributed by atoms with E-state index in [0.717, 1.165) is 16.8 Å². The summed E-state index contributed by atoms with van der Waals surface area (Å²) in [4.78, 5) is 27.7. The van der Waals surface area contributed by atoms with Gasteiger partial charge in [-0.25, -0.2) is 4.79 Å². The minimum Gasteiger partial charge on any atom is -0.376 e. The summed E-state index contributed by atoms with van der Waals surface area (Å²) >= 11 is 0. The lowest BCUT2D eigenvalue weighted by Crippen LogP contribution is -2.38. The third-order valence-electron chi connectivity index (χ3n) is 3.63. The van der Waals surface area contributed by atoms with Crippen molar-refractivity contribution in [3.05, 3.63) is 35.8 Å². The fraction of sp³-hybridized carbons (Fsp3) is 0.333. The zero-order valence-electron chi connectivity index (χ0n) is 12.7. The van der Waals surface area contributed by atoms with Crippen molar-refractivity contribution in [3.8, 4) is 11.3 Å². The predicted octanol–water partition coefficient (Wildman–Crippen LogP) is 0.321. The van der Waals surface area contributed by atoms with Gasteiger partial charge in [0.1, 0.15) is 5.69 Å². The van der Waals surface area contributed by atoms with Gasteiger partial charge in [0.2, 0.25) is 5.91 Å². The Kier molecular flexibility index (Phi) is 4.33. The number of amides is 2. The molecule has 0 saturated heterocycles. The normalized spacial score (nSPS) is 13.3. The van der Waals surface area contributed by atoms with Gasteiger partial charge in [0.25, 0.3) is 0 Å². The highest BCUT2D eigenvalue weighted by Gasteiger charge is 2.25. The summed E-state index contributed by atoms with van der Waals surface area (Å²) in [6.07, 6.45) is 3.97. The second-order valence-electron chi connectivity index (χ2n) is 5.06. The first-order chi connectivity index (χ1) is 11.2. The summed E-state index contributed by atoms with van der Waals surface area (Å²) in [6.45, 7) is 0.846. The van der Waals surface area contributed by atoms with Crippen molar-refractivity contribution in [1.29, 1.82) is 0 Å². The first kappa shape index (κ1) is 15.2. The summed E-state index contributed by atoms with van der Waals surface area (Å²) < 4.78 is 6.82. The summed E-state index contributed by atoms with van der Waals surface area (Å²) in [5.74, 6) is -0.268. The van der Waals surface area contributed by atoms with Crippen molar-refractivity contribution in [2.45, 2.75) is 13.0 Å². The van der Waals surface area contributed by atoms with Gasteiger partial charge in [-0.05, 0) is 12.1 Å². The molecule has 120 valence electrons. The molecule has 3 rings (SSSR count). The fourth-order valence-electron chi connectivity index (χ4n) is 2.46. The van der Waals surface area contributed by atoms with Crippen molar-refractivity contribution in [1.82, 2.24) is 25.4 Å². The maximum Gasteiger partial charge on any atom is 0.342 e. The third kappa shape index (κ3) is 3.07. The minimum atomic E-state index is -0.429. The zero-order chi connectivity index (χ0) is 16.2. The van der Waals surface area contributed by atoms with Gasteiger partial charge in [0.05, 0.1) is 25.5 Å². The van der Waals surface area contributed by atoms with Crippen LogP contribution in [0.3, 0.4) is 0 Å². The molecule has 0 aliphatic carbocycles. The Morgan fingerprint density at radius 1 is 1.43 bits per heavy atom. The number of ether oxygens (including phenoxy) is 1. The SMILES string of the molecule is CNC(=O)CNC(=O)n1nc(-c2cccnc2)c2c1CCOC2. The summed E-state index contributed by atoms with van der Waals surface area (Å²) in [7, 11) is 1.52. The molecule has 0 saturated carbocycles. The molecule has 2 aromatic heterocycles. The molecule has 0 unspecified atom stereocenters. The van der Waals surface area contributed by atoms with E-state index < -0.39 is 6.03 Å². The molecule has 2 amide bonds. The Morgan fingerprint density at radius 3 is 3.04 bits per heavy atom. The van der Waals surface area contributed by atoms with E-state index in [9.17, 15) is 9.59 Å². The van der Waals surface area contributed by atoms with Crippen LogP contribution in [0.25, 0.3) is 11.3 Å². The van der Waals surface area contributed by atoms with E-state index >= 15 is 0 Å². The maximum absolute atomic E-state index is 12.3. The number of hydrogen-bond acceptors (Lipinski definition) is 5. The van der Waals surface area contributed by atoms with E-state index in [4.69, 9.17) is 4.74 Å². The van der Waals surface area contributed by atoms with Crippen LogP contribution >= 0.6 is 0 Å². The summed E-state index contributed by atoms with van der Waals surface area (Å²) in [5, 5.41) is 9.43. The van der Waals surface area contributed by atoms with E-state index in [1.807, 2.05) is 12.1 Å². The quantitative estimate of drug-likeness (QED) is 0.850. The molecule has 2 N–H and O–H groups in total. The zero-order valence-corrected chi connectivity index (χ0v) is 12.7. The standard InChI is InChI=1S/C15H17N5O3/c1-16-13(21)8-18-15(22)20-12-4-6-23-9-11(12)14(19-20)10-3-2-5-17-7-10/h2-3,5,7H,4,6,8-9H2,1H3,(H,16,21)(H,18,22). The fourth-order valence-corrected chi connectivity index (χ4v) is 2.46. The molecule has 8 heteroatoms. The second-order valence-corrected chi connectivity index (χ2v) is 5.06. The van der Waals surface area contributed by atoms with Gasteiger partial charge in [-0.3, -0.25) is 9.78 Å². The number of carbonyl (C=O) groups excluding carboxylic acids is 2. The van der Waals surface area contributed by atoms with Crippen molar-refractivity contribution >= 4 is 11.9 Å². The van der Waals surface area contributed by atoms with Gasteiger partial charge in [-0.1, -0.05) is 0 Å². The van der Waals surface area contributed by atoms with Gasteiger partial charge < -0.3 is 15.4 Å². The predicted molar refractivity (Wildman–Crippen MR) is 81.7 cm³/mol. The monoisotopic (exact) mass is 315 g/mol. The van der Waals surface area contributed by atoms with Gasteiger partial charge >= 0.3 is 6.03 Å². The molecule has 8 nitrogen and oxygen atoms in total. The van der Waals surface area contributed by atoms with Crippen molar-refractivity contribution in [2.24, 2.45) is 0 Å². The van der Waals surface area contributed by atoms with Crippen LogP contribution in [0, 0.1) is 0 Å². The number of nitrogens with zero attached hydrogens (tertiary/aromatic N) is 3. The smallest absolute Gasteiger partial charge is 0.342 e. The molecule has 2 aromatic rings. The van der Waals surface area contributed by atoms with Crippen LogP contribution in [-0.2, 0) is 22.6 Å². The summed E-state index contributed by atoms with van der Waals surface area (Å²) in [5.41, 5.74) is 3.21. The number of nitrogens with one attached hydrogen (secondary N) is 2. The Morgan fingerprint density at radius 2 is 2.30 bits per heavy atom. The van der Waals surface area contributed by atoms with Crippen molar-refractivity contribution < 1.29 is 14.3 Å². The van der Waals surface area contributed by atoms with Crippen LogP contribution in [-0.4, -0.2) is 46.9 Å². The van der Waals surface area contributed by atoms with E-state index in [1.165, 1.54) is 11.7 Å². The third-order valence-corrected chi connectivity index (χ3v) is 3.63. The molecule has 0 aromatic carbocycles. The first-order valence-corrected chi connectivity index (χ1v) is 7.28. The van der Waals surface area contributed by atoms with E-state index in [-0.39, 0.29) is 12.5 Å². The van der Waals surface area contributed by atoms with Crippen molar-refractivity contribution in [2.75, 3.05) is 20.2 Å². The Balaban J connectivity index is 1.93. The topological polar surface area (TPSA) is 98.1 Å². The van der Waals surface area contributed by atoms with Gasteiger partial charge in [-0.2, -0.15) is 9.78 Å². The van der Waals surface area contributed by atoms with Gasteiger partial charge in [0, 0.05) is 37.0 Å². The van der Waals surface area contributed by atoms with Crippen molar-refractivity contribution in [3.63, 3.8) is 0 Å². The number of aromatic nitrogens is 3. The minimum absolute atomic E-state index is 0.0946. The number of pyridine rings is 1. The van der Waals surface area contributed by atoms with Gasteiger partial charge in [-0.15, -0.1) is 0 Å². The van der Waals surface area contributed by atoms with Crippen LogP contribution in [0.4, 0.5) is 4.79 Å². The lowest BCUT2D eigenvalue weighted by molar-refractivity contribution is -0.119. The molecule has 0 radical (unpaired) electrons. The maximum atomic E-state index is 12.3. The molecule has 1 aliphatic heterocycles. The average molecular weight is 315 g/mol. The molecule has 0 atom stereocenters. The van der Waals surface area contributed by atoms with E-state index in [0.29, 0.717) is 25.3 Å². The lowest BCUT2D eigenvalue weighted by atomic mass is 10.1. The molecular formula is C15H17N5O3. The van der Waals surface area contributed by atoms with Crippen LogP contribution in [0.15, 0.2) is 24.5 Å². The number of likely N-dealkylation sites (N-methyl/N-ethyl adjacent to an activating group) is 1. The average Bonchev–Trinajstić information content (AvgIpc) is 3.00. The Hall–Kier alpha value is -2.74. The number of rotatable bonds is 3. The second kappa shape index (κ2) is 6.57. The molecule has 0 fully saturated rings. The van der Waals surface area contributed by atoms with Crippen LogP contribution < -0.4 is 10.6 Å². The Bertz CT molecular complexity index is 726. The molecule has 23 heavy (non-hydrogen) atoms. The molecule has 0 spiro atoms.